The summed E-state index contributed by atoms with van der Waals surface area (Å²) in [5.41, 5.74) is 0. The second-order valence-corrected chi connectivity index (χ2v) is 2.06. The van der Waals surface area contributed by atoms with Crippen molar-refractivity contribution >= 4 is 17.7 Å². The van der Waals surface area contributed by atoms with Crippen LogP contribution in [-0.4, -0.2) is 28.0 Å². The van der Waals surface area contributed by atoms with Gasteiger partial charge in [0.25, 0.3) is 0 Å². The molecular weight excluding hydrogens is 178 g/mol. The van der Waals surface area contributed by atoms with Gasteiger partial charge in [0, 0.05) is 7.05 Å². The van der Waals surface area contributed by atoms with Crippen molar-refractivity contribution in [2.75, 3.05) is 12.4 Å². The first-order chi connectivity index (χ1) is 6.15. The minimum atomic E-state index is -0.668. The predicted octanol–water partition coefficient (Wildman–Crippen LogP) is 0.0692. The van der Waals surface area contributed by atoms with Crippen molar-refractivity contribution in [3.8, 4) is 0 Å². The molecule has 0 unspecified atom stereocenters. The third kappa shape index (κ3) is 1.92. The lowest BCUT2D eigenvalue weighted by Crippen LogP contribution is -2.25. The number of rotatable bonds is 2. The van der Waals surface area contributed by atoms with E-state index in [9.17, 15) is 14.9 Å². The van der Waals surface area contributed by atoms with Crippen LogP contribution in [0.4, 0.5) is 16.4 Å². The number of anilines is 1. The molecule has 0 aliphatic carbocycles. The quantitative estimate of drug-likeness (QED) is 0.446. The fourth-order valence-corrected chi connectivity index (χ4v) is 0.688. The second kappa shape index (κ2) is 3.52. The Bertz CT molecular complexity index is 333. The van der Waals surface area contributed by atoms with Crippen molar-refractivity contribution in [2.24, 2.45) is 0 Å². The molecule has 0 aliphatic rings. The van der Waals surface area contributed by atoms with E-state index in [1.807, 2.05) is 0 Å². The molecule has 1 heterocycles. The summed E-state index contributed by atoms with van der Waals surface area (Å²) < 4.78 is 0. The van der Waals surface area contributed by atoms with Gasteiger partial charge in [0.2, 0.25) is 5.82 Å². The van der Waals surface area contributed by atoms with Gasteiger partial charge < -0.3 is 15.4 Å². The van der Waals surface area contributed by atoms with Gasteiger partial charge in [0.1, 0.15) is 0 Å². The first kappa shape index (κ1) is 8.97. The lowest BCUT2D eigenvalue weighted by atomic mass is 10.6. The lowest BCUT2D eigenvalue weighted by Gasteiger charge is -1.99. The molecule has 0 fully saturated rings. The highest BCUT2D eigenvalue weighted by Crippen LogP contribution is 2.17. The SMILES string of the molecule is CNC(=O)Nc1nc[nH]c1[N+](=O)[O-]. The number of hydrogen-bond acceptors (Lipinski definition) is 4. The summed E-state index contributed by atoms with van der Waals surface area (Å²) in [4.78, 5) is 26.2. The summed E-state index contributed by atoms with van der Waals surface area (Å²) in [6.07, 6.45) is 1.13. The number of imidazole rings is 1. The maximum Gasteiger partial charge on any atom is 0.365 e. The van der Waals surface area contributed by atoms with E-state index in [2.05, 4.69) is 20.6 Å². The molecular formula is C5H7N5O3. The Morgan fingerprint density at radius 3 is 3.00 bits per heavy atom. The van der Waals surface area contributed by atoms with Crippen molar-refractivity contribution < 1.29 is 9.72 Å². The number of hydrogen-bond donors (Lipinski definition) is 3. The molecule has 3 N–H and O–H groups in total. The van der Waals surface area contributed by atoms with Crippen molar-refractivity contribution in [2.45, 2.75) is 0 Å². The molecule has 13 heavy (non-hydrogen) atoms. The molecule has 0 atom stereocenters. The van der Waals surface area contributed by atoms with Crippen molar-refractivity contribution in [1.29, 1.82) is 0 Å². The zero-order valence-corrected chi connectivity index (χ0v) is 6.70. The molecule has 0 radical (unpaired) electrons. The van der Waals surface area contributed by atoms with Gasteiger partial charge in [0.05, 0.1) is 0 Å². The average molecular weight is 185 g/mol. The highest BCUT2D eigenvalue weighted by atomic mass is 16.6. The molecule has 1 aromatic rings. The van der Waals surface area contributed by atoms with Gasteiger partial charge in [-0.25, -0.2) is 9.78 Å². The van der Waals surface area contributed by atoms with Crippen LogP contribution < -0.4 is 10.6 Å². The number of nitrogens with zero attached hydrogens (tertiary/aromatic N) is 2. The monoisotopic (exact) mass is 185 g/mol. The molecule has 0 saturated heterocycles. The minimum Gasteiger partial charge on any atom is -0.358 e. The fraction of sp³-hybridized carbons (Fsp3) is 0.200. The fourth-order valence-electron chi connectivity index (χ4n) is 0.688. The Kier molecular flexibility index (Phi) is 2.43. The number of aromatic nitrogens is 2. The van der Waals surface area contributed by atoms with Gasteiger partial charge in [-0.3, -0.25) is 5.32 Å². The molecule has 0 aliphatic heterocycles. The van der Waals surface area contributed by atoms with E-state index >= 15 is 0 Å². The number of urea groups is 1. The topological polar surface area (TPSA) is 113 Å². The molecule has 0 saturated carbocycles. The van der Waals surface area contributed by atoms with Crippen LogP contribution in [0.1, 0.15) is 0 Å². The van der Waals surface area contributed by atoms with E-state index in [4.69, 9.17) is 0 Å². The standard InChI is InChI=1S/C5H7N5O3/c1-6-5(11)9-3-4(10(12)13)8-2-7-3/h2H,1H3,(H,7,8)(H2,6,9,11). The zero-order valence-electron chi connectivity index (χ0n) is 6.70. The maximum atomic E-state index is 10.8. The lowest BCUT2D eigenvalue weighted by molar-refractivity contribution is -0.388. The number of carbonyl (C=O) groups excluding carboxylic acids is 1. The Balaban J connectivity index is 2.82. The van der Waals surface area contributed by atoms with Crippen LogP contribution in [0.25, 0.3) is 0 Å². The summed E-state index contributed by atoms with van der Waals surface area (Å²) in [5.74, 6) is -0.451. The van der Waals surface area contributed by atoms with Crippen molar-refractivity contribution in [1.82, 2.24) is 15.3 Å². The summed E-state index contributed by atoms with van der Waals surface area (Å²) >= 11 is 0. The van der Waals surface area contributed by atoms with Crippen LogP contribution in [0, 0.1) is 10.1 Å². The Morgan fingerprint density at radius 2 is 2.46 bits per heavy atom. The van der Waals surface area contributed by atoms with Gasteiger partial charge in [0.15, 0.2) is 6.33 Å². The molecule has 8 nitrogen and oxygen atoms in total. The van der Waals surface area contributed by atoms with Gasteiger partial charge in [-0.1, -0.05) is 0 Å². The van der Waals surface area contributed by atoms with Gasteiger partial charge >= 0.3 is 11.8 Å². The van der Waals surface area contributed by atoms with Crippen LogP contribution >= 0.6 is 0 Å². The number of nitro groups is 1. The Hall–Kier alpha value is -2.12. The molecule has 0 aromatic carbocycles. The normalized spacial score (nSPS) is 9.31. The van der Waals surface area contributed by atoms with Crippen LogP contribution in [-0.2, 0) is 0 Å². The number of nitrogens with one attached hydrogen (secondary N) is 3. The molecule has 2 amide bonds. The minimum absolute atomic E-state index is 0.107. The largest absolute Gasteiger partial charge is 0.365 e. The third-order valence-electron chi connectivity index (χ3n) is 1.26. The maximum absolute atomic E-state index is 10.8. The number of amides is 2. The molecule has 1 aromatic heterocycles. The van der Waals surface area contributed by atoms with E-state index in [1.54, 1.807) is 0 Å². The summed E-state index contributed by atoms with van der Waals surface area (Å²) in [5, 5.41) is 14.7. The van der Waals surface area contributed by atoms with Gasteiger partial charge in [-0.15, -0.1) is 0 Å². The second-order valence-electron chi connectivity index (χ2n) is 2.06. The Labute approximate surface area is 72.5 Å². The first-order valence-corrected chi connectivity index (χ1v) is 3.31. The Morgan fingerprint density at radius 1 is 1.77 bits per heavy atom. The summed E-state index contributed by atoms with van der Waals surface area (Å²) in [6.45, 7) is 0. The number of aromatic amines is 1. The molecule has 0 spiro atoms. The molecule has 0 bridgehead atoms. The van der Waals surface area contributed by atoms with E-state index < -0.39 is 11.0 Å². The van der Waals surface area contributed by atoms with Crippen LogP contribution in [0.3, 0.4) is 0 Å². The van der Waals surface area contributed by atoms with Crippen molar-refractivity contribution in [3.63, 3.8) is 0 Å². The van der Waals surface area contributed by atoms with E-state index in [0.717, 1.165) is 6.33 Å². The van der Waals surface area contributed by atoms with Crippen LogP contribution in [0.15, 0.2) is 6.33 Å². The van der Waals surface area contributed by atoms with Crippen LogP contribution in [0.5, 0.6) is 0 Å². The smallest absolute Gasteiger partial charge is 0.358 e. The number of H-pyrrole nitrogens is 1. The summed E-state index contributed by atoms with van der Waals surface area (Å²) in [7, 11) is 1.40. The zero-order chi connectivity index (χ0) is 9.84. The number of carbonyl (C=O) groups is 1. The molecule has 70 valence electrons. The van der Waals surface area contributed by atoms with E-state index in [1.165, 1.54) is 7.05 Å². The first-order valence-electron chi connectivity index (χ1n) is 3.31. The van der Waals surface area contributed by atoms with Crippen LogP contribution in [0.2, 0.25) is 0 Å². The highest BCUT2D eigenvalue weighted by Gasteiger charge is 2.16. The summed E-state index contributed by atoms with van der Waals surface area (Å²) in [6, 6.07) is -0.560. The van der Waals surface area contributed by atoms with Gasteiger partial charge in [-0.2, -0.15) is 4.98 Å². The van der Waals surface area contributed by atoms with Gasteiger partial charge in [-0.05, 0) is 4.92 Å². The molecule has 1 rings (SSSR count). The molecule has 8 heteroatoms. The average Bonchev–Trinajstić information content (AvgIpc) is 2.52. The third-order valence-corrected chi connectivity index (χ3v) is 1.26. The highest BCUT2D eigenvalue weighted by molar-refractivity contribution is 5.89. The predicted molar refractivity (Wildman–Crippen MR) is 43.3 cm³/mol. The van der Waals surface area contributed by atoms with E-state index in [0.29, 0.717) is 0 Å². The van der Waals surface area contributed by atoms with Crippen molar-refractivity contribution in [3.05, 3.63) is 16.4 Å². The van der Waals surface area contributed by atoms with E-state index in [-0.39, 0.29) is 11.6 Å².